The average Bonchev–Trinajstić information content (AvgIpc) is 2.71. The summed E-state index contributed by atoms with van der Waals surface area (Å²) in [7, 11) is 1.25. The Kier molecular flexibility index (Phi) is 5.30. The molecule has 0 radical (unpaired) electrons. The molecule has 2 rings (SSSR count). The lowest BCUT2D eigenvalue weighted by Crippen LogP contribution is -2.42. The maximum atomic E-state index is 12.0. The highest BCUT2D eigenvalue weighted by atomic mass is 16.5. The molecule has 1 aliphatic carbocycles. The molecule has 0 unspecified atom stereocenters. The van der Waals surface area contributed by atoms with Gasteiger partial charge in [-0.2, -0.15) is 5.10 Å². The summed E-state index contributed by atoms with van der Waals surface area (Å²) >= 11 is 0. The maximum absolute atomic E-state index is 12.0. The molecule has 0 saturated carbocycles. The van der Waals surface area contributed by atoms with Crippen LogP contribution in [0.4, 0.5) is 0 Å². The molecule has 1 amide bonds. The van der Waals surface area contributed by atoms with Crippen molar-refractivity contribution in [3.8, 4) is 0 Å². The Morgan fingerprint density at radius 1 is 1.36 bits per heavy atom. The first-order valence-corrected chi connectivity index (χ1v) is 7.48. The molecule has 1 atom stereocenters. The van der Waals surface area contributed by atoms with E-state index in [9.17, 15) is 14.4 Å². The van der Waals surface area contributed by atoms with Crippen molar-refractivity contribution in [2.45, 2.75) is 51.6 Å². The molecule has 1 N–H and O–H groups in total. The monoisotopic (exact) mass is 307 g/mol. The molecule has 1 aliphatic rings. The van der Waals surface area contributed by atoms with Crippen LogP contribution in [0.25, 0.3) is 0 Å². The van der Waals surface area contributed by atoms with Gasteiger partial charge < -0.3 is 10.1 Å². The van der Waals surface area contributed by atoms with E-state index in [2.05, 4.69) is 15.2 Å². The number of nitrogens with zero attached hydrogens (tertiary/aromatic N) is 2. The fraction of sp³-hybridized carbons (Fsp3) is 0.600. The van der Waals surface area contributed by atoms with Crippen LogP contribution < -0.4 is 10.9 Å². The van der Waals surface area contributed by atoms with Crippen molar-refractivity contribution in [1.29, 1.82) is 0 Å². The van der Waals surface area contributed by atoms with E-state index in [4.69, 9.17) is 0 Å². The highest BCUT2D eigenvalue weighted by molar-refractivity contribution is 5.83. The fourth-order valence-corrected chi connectivity index (χ4v) is 2.55. The number of carbonyl (C=O) groups excluding carboxylic acids is 2. The van der Waals surface area contributed by atoms with E-state index in [-0.39, 0.29) is 12.1 Å². The van der Waals surface area contributed by atoms with E-state index in [1.807, 2.05) is 0 Å². The first-order chi connectivity index (χ1) is 10.5. The van der Waals surface area contributed by atoms with Crippen LogP contribution in [0.2, 0.25) is 0 Å². The Hall–Kier alpha value is -2.18. The van der Waals surface area contributed by atoms with Gasteiger partial charge in [-0.25, -0.2) is 9.48 Å². The number of esters is 1. The van der Waals surface area contributed by atoms with Crippen LogP contribution in [0.5, 0.6) is 0 Å². The zero-order valence-corrected chi connectivity index (χ0v) is 12.9. The lowest BCUT2D eigenvalue weighted by Gasteiger charge is -2.13. The number of aryl methyl sites for hydroxylation is 2. The molecule has 0 fully saturated rings. The minimum absolute atomic E-state index is 0.201. The van der Waals surface area contributed by atoms with Crippen molar-refractivity contribution in [3.63, 3.8) is 0 Å². The number of methoxy groups -OCH3 is 1. The van der Waals surface area contributed by atoms with Crippen molar-refractivity contribution >= 4 is 11.9 Å². The molecule has 1 aromatic heterocycles. The lowest BCUT2D eigenvalue weighted by molar-refractivity contribution is -0.144. The predicted molar refractivity (Wildman–Crippen MR) is 79.4 cm³/mol. The molecule has 120 valence electrons. The number of amides is 1. The normalized spacial score (nSPS) is 15.4. The second-order valence-corrected chi connectivity index (χ2v) is 5.49. The summed E-state index contributed by atoms with van der Waals surface area (Å²) in [6, 6.07) is 0.819. The Morgan fingerprint density at radius 2 is 2.09 bits per heavy atom. The van der Waals surface area contributed by atoms with Crippen molar-refractivity contribution in [3.05, 3.63) is 27.7 Å². The Bertz CT molecular complexity index is 624. The van der Waals surface area contributed by atoms with Crippen molar-refractivity contribution in [2.24, 2.45) is 0 Å². The molecular formula is C15H21N3O4. The minimum atomic E-state index is -0.756. The van der Waals surface area contributed by atoms with E-state index in [0.29, 0.717) is 0 Å². The summed E-state index contributed by atoms with van der Waals surface area (Å²) < 4.78 is 5.69. The fourth-order valence-electron chi connectivity index (χ4n) is 2.55. The average molecular weight is 307 g/mol. The van der Waals surface area contributed by atoms with Crippen LogP contribution in [0.1, 0.15) is 37.4 Å². The van der Waals surface area contributed by atoms with Crippen LogP contribution in [-0.2, 0) is 33.7 Å². The third kappa shape index (κ3) is 3.93. The molecule has 22 heavy (non-hydrogen) atoms. The highest BCUT2D eigenvalue weighted by Gasteiger charge is 2.18. The summed E-state index contributed by atoms with van der Waals surface area (Å²) in [5.74, 6) is -0.975. The van der Waals surface area contributed by atoms with E-state index in [0.717, 1.165) is 48.0 Å². The summed E-state index contributed by atoms with van der Waals surface area (Å²) in [4.78, 5) is 35.2. The molecule has 0 aromatic carbocycles. The summed E-state index contributed by atoms with van der Waals surface area (Å²) in [5, 5.41) is 6.80. The summed E-state index contributed by atoms with van der Waals surface area (Å²) in [6.45, 7) is 1.32. The molecule has 0 bridgehead atoms. The minimum Gasteiger partial charge on any atom is -0.467 e. The number of nitrogens with one attached hydrogen (secondary N) is 1. The van der Waals surface area contributed by atoms with Crippen molar-refractivity contribution in [2.75, 3.05) is 7.11 Å². The third-order valence-electron chi connectivity index (χ3n) is 3.75. The van der Waals surface area contributed by atoms with Crippen LogP contribution in [0.15, 0.2) is 10.9 Å². The van der Waals surface area contributed by atoms with Gasteiger partial charge in [0.2, 0.25) is 5.91 Å². The van der Waals surface area contributed by atoms with Crippen LogP contribution >= 0.6 is 0 Å². The Labute approximate surface area is 128 Å². The maximum Gasteiger partial charge on any atom is 0.328 e. The Morgan fingerprint density at radius 3 is 2.82 bits per heavy atom. The zero-order chi connectivity index (χ0) is 16.1. The van der Waals surface area contributed by atoms with Crippen molar-refractivity contribution in [1.82, 2.24) is 15.1 Å². The van der Waals surface area contributed by atoms with Gasteiger partial charge in [0, 0.05) is 6.07 Å². The third-order valence-corrected chi connectivity index (χ3v) is 3.75. The van der Waals surface area contributed by atoms with Crippen LogP contribution in [0.3, 0.4) is 0 Å². The predicted octanol–water partition coefficient (Wildman–Crippen LogP) is 0.190. The van der Waals surface area contributed by atoms with E-state index >= 15 is 0 Å². The summed E-state index contributed by atoms with van der Waals surface area (Å²) in [5.41, 5.74) is 1.59. The smallest absolute Gasteiger partial charge is 0.328 e. The highest BCUT2D eigenvalue weighted by Crippen LogP contribution is 2.16. The number of aromatic nitrogens is 2. The van der Waals surface area contributed by atoms with Gasteiger partial charge in [0.05, 0.1) is 12.8 Å². The molecule has 0 saturated heterocycles. The molecular weight excluding hydrogens is 286 g/mol. The van der Waals surface area contributed by atoms with Gasteiger partial charge in [-0.05, 0) is 38.2 Å². The van der Waals surface area contributed by atoms with Crippen LogP contribution in [-0.4, -0.2) is 34.8 Å². The summed E-state index contributed by atoms with van der Waals surface area (Å²) in [6.07, 6.45) is 4.93. The standard InChI is InChI=1S/C15H21N3O4/c1-10(15(21)22-2)16-13(19)9-18-14(20)8-11-6-4-3-5-7-12(11)17-18/h8,10H,3-7,9H2,1-2H3,(H,16,19)/t10-/m0/s1. The number of hydrogen-bond donors (Lipinski definition) is 1. The number of hydrogen-bond acceptors (Lipinski definition) is 5. The number of carbonyl (C=O) groups is 2. The van der Waals surface area contributed by atoms with Gasteiger partial charge in [0.15, 0.2) is 0 Å². The Balaban J connectivity index is 2.09. The molecule has 0 aliphatic heterocycles. The zero-order valence-electron chi connectivity index (χ0n) is 12.9. The van der Waals surface area contributed by atoms with E-state index in [1.54, 1.807) is 6.07 Å². The molecule has 1 heterocycles. The number of fused-ring (bicyclic) bond motifs is 1. The van der Waals surface area contributed by atoms with Crippen molar-refractivity contribution < 1.29 is 14.3 Å². The molecule has 7 nitrogen and oxygen atoms in total. The lowest BCUT2D eigenvalue weighted by atomic mass is 10.1. The van der Waals surface area contributed by atoms with Crippen LogP contribution in [0, 0.1) is 0 Å². The topological polar surface area (TPSA) is 90.3 Å². The van der Waals surface area contributed by atoms with Gasteiger partial charge in [-0.3, -0.25) is 9.59 Å². The second kappa shape index (κ2) is 7.20. The van der Waals surface area contributed by atoms with Gasteiger partial charge in [-0.1, -0.05) is 6.42 Å². The van der Waals surface area contributed by atoms with Gasteiger partial charge in [0.25, 0.3) is 5.56 Å². The largest absolute Gasteiger partial charge is 0.467 e. The van der Waals surface area contributed by atoms with Gasteiger partial charge >= 0.3 is 5.97 Å². The first kappa shape index (κ1) is 16.2. The quantitative estimate of drug-likeness (QED) is 0.633. The van der Waals surface area contributed by atoms with E-state index < -0.39 is 17.9 Å². The van der Waals surface area contributed by atoms with Gasteiger partial charge in [0.1, 0.15) is 12.6 Å². The first-order valence-electron chi connectivity index (χ1n) is 7.48. The van der Waals surface area contributed by atoms with E-state index in [1.165, 1.54) is 14.0 Å². The number of rotatable bonds is 4. The second-order valence-electron chi connectivity index (χ2n) is 5.49. The SMILES string of the molecule is COC(=O)[C@H](C)NC(=O)Cn1nc2c(cc1=O)CCCCC2. The molecule has 0 spiro atoms. The molecule has 1 aromatic rings. The number of ether oxygens (including phenoxy) is 1. The van der Waals surface area contributed by atoms with Gasteiger partial charge in [-0.15, -0.1) is 0 Å². The molecule has 7 heteroatoms.